The van der Waals surface area contributed by atoms with Crippen LogP contribution in [0.3, 0.4) is 0 Å². The molecule has 2 heterocycles. The van der Waals surface area contributed by atoms with E-state index in [4.69, 9.17) is 0 Å². The maximum Gasteiger partial charge on any atom is 0.339 e. The molecule has 0 atom stereocenters. The Labute approximate surface area is 121 Å². The van der Waals surface area contributed by atoms with Gasteiger partial charge in [-0.15, -0.1) is 11.3 Å². The Kier molecular flexibility index (Phi) is 4.34. The van der Waals surface area contributed by atoms with E-state index in [0.717, 1.165) is 17.1 Å². The van der Waals surface area contributed by atoms with E-state index in [2.05, 4.69) is 22.2 Å². The molecule has 0 fully saturated rings. The average Bonchev–Trinajstić information content (AvgIpc) is 2.82. The van der Waals surface area contributed by atoms with Gasteiger partial charge in [0.05, 0.1) is 6.54 Å². The number of carboxylic acids is 1. The lowest BCUT2D eigenvalue weighted by molar-refractivity contribution is 0.0697. The minimum absolute atomic E-state index is 0.225. The van der Waals surface area contributed by atoms with Crippen molar-refractivity contribution in [2.24, 2.45) is 0 Å². The Balaban J connectivity index is 2.22. The SMILES string of the molecule is CCc1cnc(CNc2nc(C)cc(C)c2C(=O)O)s1. The predicted molar refractivity (Wildman–Crippen MR) is 79.5 cm³/mol. The second-order valence-corrected chi connectivity index (χ2v) is 5.74. The van der Waals surface area contributed by atoms with Gasteiger partial charge in [-0.25, -0.2) is 14.8 Å². The third-order valence-electron chi connectivity index (χ3n) is 2.92. The normalized spacial score (nSPS) is 10.6. The Morgan fingerprint density at radius 1 is 1.45 bits per heavy atom. The molecule has 0 aromatic carbocycles. The van der Waals surface area contributed by atoms with E-state index in [0.29, 0.717) is 17.9 Å². The smallest absolute Gasteiger partial charge is 0.339 e. The molecule has 0 aliphatic heterocycles. The summed E-state index contributed by atoms with van der Waals surface area (Å²) in [5, 5.41) is 13.3. The number of pyridine rings is 1. The zero-order chi connectivity index (χ0) is 14.7. The molecular formula is C14H17N3O2S. The number of aryl methyl sites for hydroxylation is 3. The summed E-state index contributed by atoms with van der Waals surface area (Å²) in [6.07, 6.45) is 2.81. The number of carboxylic acid groups (broad SMARTS) is 1. The van der Waals surface area contributed by atoms with Crippen molar-refractivity contribution in [3.63, 3.8) is 0 Å². The molecule has 2 aromatic heterocycles. The first-order valence-corrected chi connectivity index (χ1v) is 7.22. The van der Waals surface area contributed by atoms with E-state index in [1.165, 1.54) is 4.88 Å². The first-order chi connectivity index (χ1) is 9.51. The second-order valence-electron chi connectivity index (χ2n) is 4.54. The summed E-state index contributed by atoms with van der Waals surface area (Å²) in [6, 6.07) is 1.77. The molecule has 0 saturated heterocycles. The van der Waals surface area contributed by atoms with Gasteiger partial charge in [0.1, 0.15) is 16.4 Å². The Morgan fingerprint density at radius 3 is 2.80 bits per heavy atom. The Hall–Kier alpha value is -1.95. The van der Waals surface area contributed by atoms with Gasteiger partial charge < -0.3 is 10.4 Å². The van der Waals surface area contributed by atoms with Crippen molar-refractivity contribution in [2.45, 2.75) is 33.7 Å². The number of aromatic carboxylic acids is 1. The molecule has 20 heavy (non-hydrogen) atoms. The topological polar surface area (TPSA) is 75.1 Å². The van der Waals surface area contributed by atoms with Crippen molar-refractivity contribution in [2.75, 3.05) is 5.32 Å². The van der Waals surface area contributed by atoms with E-state index in [1.54, 1.807) is 24.3 Å². The van der Waals surface area contributed by atoms with Gasteiger partial charge in [-0.1, -0.05) is 6.92 Å². The van der Waals surface area contributed by atoms with Crippen LogP contribution in [0, 0.1) is 13.8 Å². The summed E-state index contributed by atoms with van der Waals surface area (Å²) in [7, 11) is 0. The summed E-state index contributed by atoms with van der Waals surface area (Å²) < 4.78 is 0. The van der Waals surface area contributed by atoms with Gasteiger partial charge in [-0.05, 0) is 31.9 Å². The van der Waals surface area contributed by atoms with Crippen LogP contribution in [-0.4, -0.2) is 21.0 Å². The summed E-state index contributed by atoms with van der Waals surface area (Å²) in [5.74, 6) is -0.561. The number of hydrogen-bond acceptors (Lipinski definition) is 5. The summed E-state index contributed by atoms with van der Waals surface area (Å²) in [4.78, 5) is 21.1. The van der Waals surface area contributed by atoms with E-state index in [-0.39, 0.29) is 5.56 Å². The highest BCUT2D eigenvalue weighted by molar-refractivity contribution is 7.11. The second kappa shape index (κ2) is 6.00. The third-order valence-corrected chi connectivity index (χ3v) is 4.06. The van der Waals surface area contributed by atoms with Crippen LogP contribution in [0.15, 0.2) is 12.3 Å². The average molecular weight is 291 g/mol. The van der Waals surface area contributed by atoms with Gasteiger partial charge in [0, 0.05) is 16.8 Å². The highest BCUT2D eigenvalue weighted by Crippen LogP contribution is 2.20. The number of nitrogens with one attached hydrogen (secondary N) is 1. The van der Waals surface area contributed by atoms with Crippen molar-refractivity contribution in [1.29, 1.82) is 0 Å². The molecule has 2 rings (SSSR count). The highest BCUT2D eigenvalue weighted by atomic mass is 32.1. The third kappa shape index (κ3) is 3.14. The number of hydrogen-bond donors (Lipinski definition) is 2. The predicted octanol–water partition coefficient (Wildman–Crippen LogP) is 3.03. The van der Waals surface area contributed by atoms with Crippen LogP contribution in [-0.2, 0) is 13.0 Å². The van der Waals surface area contributed by atoms with Gasteiger partial charge in [0.15, 0.2) is 0 Å². The van der Waals surface area contributed by atoms with E-state index < -0.39 is 5.97 Å². The molecular weight excluding hydrogens is 274 g/mol. The largest absolute Gasteiger partial charge is 0.478 e. The van der Waals surface area contributed by atoms with Crippen molar-refractivity contribution in [3.05, 3.63) is 39.0 Å². The number of aromatic nitrogens is 2. The number of nitrogens with zero attached hydrogens (tertiary/aromatic N) is 2. The van der Waals surface area contributed by atoms with Crippen molar-refractivity contribution in [1.82, 2.24) is 9.97 Å². The summed E-state index contributed by atoms with van der Waals surface area (Å²) in [5.41, 5.74) is 1.73. The van der Waals surface area contributed by atoms with Gasteiger partial charge in [-0.2, -0.15) is 0 Å². The molecule has 0 radical (unpaired) electrons. The first kappa shape index (κ1) is 14.5. The molecule has 0 unspecified atom stereocenters. The lowest BCUT2D eigenvalue weighted by Gasteiger charge is -2.10. The van der Waals surface area contributed by atoms with E-state index >= 15 is 0 Å². The Morgan fingerprint density at radius 2 is 2.20 bits per heavy atom. The van der Waals surface area contributed by atoms with E-state index in [9.17, 15) is 9.90 Å². The fourth-order valence-corrected chi connectivity index (χ4v) is 2.79. The van der Waals surface area contributed by atoms with Crippen molar-refractivity contribution < 1.29 is 9.90 Å². The van der Waals surface area contributed by atoms with Crippen LogP contribution in [0.4, 0.5) is 5.82 Å². The molecule has 0 saturated carbocycles. The van der Waals surface area contributed by atoms with Gasteiger partial charge in [0.25, 0.3) is 0 Å². The van der Waals surface area contributed by atoms with Crippen LogP contribution < -0.4 is 5.32 Å². The maximum absolute atomic E-state index is 11.3. The molecule has 6 heteroatoms. The zero-order valence-electron chi connectivity index (χ0n) is 11.7. The minimum atomic E-state index is -0.967. The number of rotatable bonds is 5. The molecule has 106 valence electrons. The maximum atomic E-state index is 11.3. The van der Waals surface area contributed by atoms with Gasteiger partial charge in [-0.3, -0.25) is 0 Å². The number of thiazole rings is 1. The van der Waals surface area contributed by atoms with Crippen molar-refractivity contribution in [3.8, 4) is 0 Å². The van der Waals surface area contributed by atoms with Gasteiger partial charge >= 0.3 is 5.97 Å². The molecule has 2 aromatic rings. The molecule has 0 bridgehead atoms. The quantitative estimate of drug-likeness (QED) is 0.885. The fraction of sp³-hybridized carbons (Fsp3) is 0.357. The lowest BCUT2D eigenvalue weighted by atomic mass is 10.1. The van der Waals surface area contributed by atoms with Crippen LogP contribution in [0.25, 0.3) is 0 Å². The van der Waals surface area contributed by atoms with Crippen LogP contribution in [0.1, 0.15) is 38.4 Å². The number of carbonyl (C=O) groups is 1. The number of anilines is 1. The molecule has 2 N–H and O–H groups in total. The molecule has 0 spiro atoms. The van der Waals surface area contributed by atoms with Crippen molar-refractivity contribution >= 4 is 23.1 Å². The standard InChI is InChI=1S/C14H17N3O2S/c1-4-10-6-15-11(20-10)7-16-13-12(14(18)19)8(2)5-9(3)17-13/h5-6H,4,7H2,1-3H3,(H,16,17)(H,18,19). The van der Waals surface area contributed by atoms with E-state index in [1.807, 2.05) is 13.1 Å². The van der Waals surface area contributed by atoms with Crippen LogP contribution in [0.5, 0.6) is 0 Å². The summed E-state index contributed by atoms with van der Waals surface area (Å²) >= 11 is 1.63. The van der Waals surface area contributed by atoms with Gasteiger partial charge in [0.2, 0.25) is 0 Å². The molecule has 0 amide bonds. The zero-order valence-corrected chi connectivity index (χ0v) is 12.5. The fourth-order valence-electron chi connectivity index (χ4n) is 1.99. The first-order valence-electron chi connectivity index (χ1n) is 6.40. The lowest BCUT2D eigenvalue weighted by Crippen LogP contribution is -2.11. The summed E-state index contributed by atoms with van der Waals surface area (Å²) in [6.45, 7) is 6.20. The molecule has 0 aliphatic carbocycles. The highest BCUT2D eigenvalue weighted by Gasteiger charge is 2.15. The van der Waals surface area contributed by atoms with Crippen LogP contribution >= 0.6 is 11.3 Å². The Bertz CT molecular complexity index is 637. The van der Waals surface area contributed by atoms with Crippen LogP contribution in [0.2, 0.25) is 0 Å². The monoisotopic (exact) mass is 291 g/mol. The minimum Gasteiger partial charge on any atom is -0.478 e. The molecule has 5 nitrogen and oxygen atoms in total. The molecule has 0 aliphatic rings.